The van der Waals surface area contributed by atoms with E-state index < -0.39 is 11.7 Å². The number of imidazole rings is 1. The van der Waals surface area contributed by atoms with Crippen LogP contribution in [-0.4, -0.2) is 18.7 Å². The molecule has 32 heavy (non-hydrogen) atoms. The minimum atomic E-state index is -2.96. The summed E-state index contributed by atoms with van der Waals surface area (Å²) in [7, 11) is 0. The van der Waals surface area contributed by atoms with Crippen molar-refractivity contribution < 1.29 is 17.9 Å². The van der Waals surface area contributed by atoms with Gasteiger partial charge in [0.05, 0.1) is 22.8 Å². The van der Waals surface area contributed by atoms with Crippen molar-refractivity contribution in [2.45, 2.75) is 19.8 Å². The molecule has 6 nitrogen and oxygen atoms in total. The first kappa shape index (κ1) is 20.3. The van der Waals surface area contributed by atoms with Crippen LogP contribution in [0.25, 0.3) is 22.1 Å². The molecule has 0 radical (unpaired) electrons. The van der Waals surface area contributed by atoms with Gasteiger partial charge in [-0.15, -0.1) is 0 Å². The highest BCUT2D eigenvalue weighted by Gasteiger charge is 2.25. The molecule has 2 heterocycles. The van der Waals surface area contributed by atoms with E-state index in [1.54, 1.807) is 31.2 Å². The summed E-state index contributed by atoms with van der Waals surface area (Å²) in [6, 6.07) is 12.3. The van der Waals surface area contributed by atoms with Crippen LogP contribution in [0.4, 0.5) is 24.8 Å². The van der Waals surface area contributed by atoms with Gasteiger partial charge in [0.1, 0.15) is 16.8 Å². The first-order chi connectivity index (χ1) is 15.3. The van der Waals surface area contributed by atoms with Crippen LogP contribution in [0.1, 0.15) is 18.1 Å². The predicted octanol–water partition coefficient (Wildman–Crippen LogP) is 6.66. The van der Waals surface area contributed by atoms with Gasteiger partial charge in [0, 0.05) is 30.3 Å². The molecule has 5 rings (SSSR count). The highest BCUT2D eigenvalue weighted by atomic mass is 32.1. The number of nitrogens with one attached hydrogen (secondary N) is 2. The number of hydrogen-bond acceptors (Lipinski definition) is 6. The molecule has 0 atom stereocenters. The van der Waals surface area contributed by atoms with E-state index in [1.165, 1.54) is 24.3 Å². The fourth-order valence-corrected chi connectivity index (χ4v) is 3.87. The van der Waals surface area contributed by atoms with E-state index in [0.717, 1.165) is 24.2 Å². The first-order valence-electron chi connectivity index (χ1n) is 9.62. The van der Waals surface area contributed by atoms with Gasteiger partial charge in [-0.3, -0.25) is 0 Å². The minimum absolute atomic E-state index is 0.0494. The number of nitrogens with zero attached hydrogens (tertiary/aromatic N) is 3. The summed E-state index contributed by atoms with van der Waals surface area (Å²) >= 11 is 1.09. The molecule has 0 saturated carbocycles. The van der Waals surface area contributed by atoms with Crippen LogP contribution in [0.15, 0.2) is 48.5 Å². The van der Waals surface area contributed by atoms with E-state index in [-0.39, 0.29) is 11.3 Å². The Kier molecular flexibility index (Phi) is 4.74. The Bertz CT molecular complexity index is 1460. The largest absolute Gasteiger partial charge is 0.454 e. The summed E-state index contributed by atoms with van der Waals surface area (Å²) in [4.78, 5) is 7.36. The van der Waals surface area contributed by atoms with Crippen molar-refractivity contribution in [3.05, 3.63) is 65.5 Å². The zero-order chi connectivity index (χ0) is 22.5. The lowest BCUT2D eigenvalue weighted by atomic mass is 10.1. The van der Waals surface area contributed by atoms with Gasteiger partial charge in [-0.2, -0.15) is 8.75 Å². The maximum absolute atomic E-state index is 14.6. The Balaban J connectivity index is 1.38. The molecule has 162 valence electrons. The lowest BCUT2D eigenvalue weighted by Crippen LogP contribution is -2.07. The summed E-state index contributed by atoms with van der Waals surface area (Å²) in [5, 5.41) is 2.96. The minimum Gasteiger partial charge on any atom is -0.454 e. The van der Waals surface area contributed by atoms with Crippen molar-refractivity contribution in [3.63, 3.8) is 0 Å². The number of anilines is 2. The summed E-state index contributed by atoms with van der Waals surface area (Å²) < 4.78 is 56.0. The van der Waals surface area contributed by atoms with Gasteiger partial charge >= 0.3 is 0 Å². The summed E-state index contributed by atoms with van der Waals surface area (Å²) in [5.74, 6) is -2.73. The molecule has 0 bridgehead atoms. The van der Waals surface area contributed by atoms with Gasteiger partial charge < -0.3 is 15.0 Å². The molecule has 2 N–H and O–H groups in total. The second kappa shape index (κ2) is 7.49. The SMILES string of the molecule is Cc1cc(C(C)(F)F)cc2[nH]c(Nc3ccc(Oc4ccc5nsnc5c4)c(F)c3)nc12. The Hall–Kier alpha value is -3.66. The number of H-pyrrole nitrogens is 1. The lowest BCUT2D eigenvalue weighted by molar-refractivity contribution is 0.0175. The number of benzene rings is 3. The third-order valence-corrected chi connectivity index (χ3v) is 5.49. The van der Waals surface area contributed by atoms with Crippen LogP contribution in [0.3, 0.4) is 0 Å². The molecule has 5 aromatic rings. The van der Waals surface area contributed by atoms with E-state index >= 15 is 0 Å². The van der Waals surface area contributed by atoms with Crippen molar-refractivity contribution in [1.29, 1.82) is 0 Å². The number of fused-ring (bicyclic) bond motifs is 2. The van der Waals surface area contributed by atoms with E-state index in [9.17, 15) is 13.2 Å². The van der Waals surface area contributed by atoms with Crippen molar-refractivity contribution in [3.8, 4) is 11.5 Å². The van der Waals surface area contributed by atoms with Gasteiger partial charge in [-0.1, -0.05) is 0 Å². The van der Waals surface area contributed by atoms with Crippen molar-refractivity contribution in [2.24, 2.45) is 0 Å². The zero-order valence-corrected chi connectivity index (χ0v) is 17.7. The summed E-state index contributed by atoms with van der Waals surface area (Å²) in [6.45, 7) is 2.56. The number of halogens is 3. The molecule has 0 fully saturated rings. The number of aryl methyl sites for hydroxylation is 1. The number of ether oxygens (including phenoxy) is 1. The molecule has 10 heteroatoms. The van der Waals surface area contributed by atoms with E-state index in [4.69, 9.17) is 4.74 Å². The topological polar surface area (TPSA) is 75.7 Å². The smallest absolute Gasteiger partial charge is 0.270 e. The highest BCUT2D eigenvalue weighted by Crippen LogP contribution is 2.33. The number of alkyl halides is 2. The Morgan fingerprint density at radius 2 is 1.84 bits per heavy atom. The molecule has 0 aliphatic carbocycles. The number of hydrogen-bond donors (Lipinski definition) is 2. The standard InChI is InChI=1S/C22H16F3N5OS/c1-11-7-12(22(2,24)25)8-18-20(11)28-21(27-18)26-13-3-6-19(15(23)9-13)31-14-4-5-16-17(10-14)30-32-29-16/h3-10H,1-2H3,(H2,26,27,28). The molecule has 0 spiro atoms. The average Bonchev–Trinajstić information content (AvgIpc) is 3.35. The third kappa shape index (κ3) is 3.84. The van der Waals surface area contributed by atoms with E-state index in [1.807, 2.05) is 0 Å². The van der Waals surface area contributed by atoms with Crippen LogP contribution in [0.2, 0.25) is 0 Å². The zero-order valence-electron chi connectivity index (χ0n) is 16.9. The second-order valence-electron chi connectivity index (χ2n) is 7.45. The van der Waals surface area contributed by atoms with Crippen LogP contribution < -0.4 is 10.1 Å². The molecule has 3 aromatic carbocycles. The maximum Gasteiger partial charge on any atom is 0.270 e. The Labute approximate surface area is 184 Å². The number of aromatic nitrogens is 4. The number of aromatic amines is 1. The predicted molar refractivity (Wildman–Crippen MR) is 118 cm³/mol. The normalized spacial score (nSPS) is 11.9. The van der Waals surface area contributed by atoms with Gasteiger partial charge in [0.2, 0.25) is 5.95 Å². The Morgan fingerprint density at radius 1 is 1.03 bits per heavy atom. The molecule has 0 amide bonds. The molecule has 0 unspecified atom stereocenters. The van der Waals surface area contributed by atoms with Gasteiger partial charge in [-0.05, 0) is 48.9 Å². The monoisotopic (exact) mass is 455 g/mol. The molecular formula is C22H16F3N5OS. The lowest BCUT2D eigenvalue weighted by Gasteiger charge is -2.11. The fraction of sp³-hybridized carbons (Fsp3) is 0.136. The van der Waals surface area contributed by atoms with Gasteiger partial charge in [0.15, 0.2) is 11.6 Å². The Morgan fingerprint density at radius 3 is 2.62 bits per heavy atom. The quantitative estimate of drug-likeness (QED) is 0.310. The van der Waals surface area contributed by atoms with Gasteiger partial charge in [-0.25, -0.2) is 18.2 Å². The molecule has 0 aliphatic rings. The summed E-state index contributed by atoms with van der Waals surface area (Å²) in [6.07, 6.45) is 0. The average molecular weight is 455 g/mol. The van der Waals surface area contributed by atoms with E-state index in [2.05, 4.69) is 24.0 Å². The van der Waals surface area contributed by atoms with Crippen LogP contribution in [-0.2, 0) is 5.92 Å². The molecule has 0 saturated heterocycles. The van der Waals surface area contributed by atoms with Crippen molar-refractivity contribution >= 4 is 45.4 Å². The van der Waals surface area contributed by atoms with E-state index in [0.29, 0.717) is 39.5 Å². The maximum atomic E-state index is 14.6. The van der Waals surface area contributed by atoms with Crippen LogP contribution in [0, 0.1) is 12.7 Å². The molecule has 0 aliphatic heterocycles. The second-order valence-corrected chi connectivity index (χ2v) is 7.98. The van der Waals surface area contributed by atoms with Crippen molar-refractivity contribution in [2.75, 3.05) is 5.32 Å². The van der Waals surface area contributed by atoms with Crippen LogP contribution in [0.5, 0.6) is 11.5 Å². The van der Waals surface area contributed by atoms with Crippen molar-refractivity contribution in [1.82, 2.24) is 18.7 Å². The summed E-state index contributed by atoms with van der Waals surface area (Å²) in [5.41, 5.74) is 3.40. The highest BCUT2D eigenvalue weighted by molar-refractivity contribution is 7.00. The first-order valence-corrected chi connectivity index (χ1v) is 10.3. The van der Waals surface area contributed by atoms with Crippen LogP contribution >= 0.6 is 11.7 Å². The molecule has 2 aromatic heterocycles. The number of rotatable bonds is 5. The fourth-order valence-electron chi connectivity index (χ4n) is 3.35. The molecular weight excluding hydrogens is 439 g/mol. The third-order valence-electron chi connectivity index (χ3n) is 4.93. The van der Waals surface area contributed by atoms with Gasteiger partial charge in [0.25, 0.3) is 5.92 Å².